The maximum absolute atomic E-state index is 13.1. The maximum Gasteiger partial charge on any atom is 0.423 e. The van der Waals surface area contributed by atoms with Crippen molar-refractivity contribution in [2.24, 2.45) is 0 Å². The zero-order valence-electron chi connectivity index (χ0n) is 20.6. The number of benzene rings is 2. The fourth-order valence-electron chi connectivity index (χ4n) is 4.47. The van der Waals surface area contributed by atoms with Crippen LogP contribution in [0.3, 0.4) is 0 Å². The Morgan fingerprint density at radius 2 is 1.47 bits per heavy atom. The Balaban J connectivity index is 1.41. The van der Waals surface area contributed by atoms with Gasteiger partial charge in [-0.3, -0.25) is 9.47 Å². The first-order valence-electron chi connectivity index (χ1n) is 11.6. The molecule has 1 aliphatic rings. The molecule has 0 spiro atoms. The minimum absolute atomic E-state index is 0.358. The monoisotopic (exact) mass is 467 g/mol. The van der Waals surface area contributed by atoms with Crippen LogP contribution < -0.4 is 15.2 Å². The highest BCUT2D eigenvalue weighted by Gasteiger charge is 2.24. The minimum Gasteiger partial charge on any atom is -0.493 e. The topological polar surface area (TPSA) is 74.9 Å². The van der Waals surface area contributed by atoms with E-state index >= 15 is 0 Å². The number of hydrogen-bond acceptors (Lipinski definition) is 6. The second-order valence-corrected chi connectivity index (χ2v) is 9.63. The van der Waals surface area contributed by atoms with E-state index in [9.17, 15) is 9.59 Å². The molecule has 1 aliphatic heterocycles. The number of fused-ring (bicyclic) bond motifs is 2. The second kappa shape index (κ2) is 9.54. The summed E-state index contributed by atoms with van der Waals surface area (Å²) in [5, 5.41) is 0. The predicted molar refractivity (Wildman–Crippen MR) is 131 cm³/mol. The molecule has 3 aromatic rings. The number of rotatable bonds is 7. The van der Waals surface area contributed by atoms with Crippen LogP contribution in [-0.4, -0.2) is 46.5 Å². The number of aromatic nitrogens is 2. The number of hydrogen-bond donors (Lipinski definition) is 0. The summed E-state index contributed by atoms with van der Waals surface area (Å²) in [7, 11) is 3.30. The van der Waals surface area contributed by atoms with Crippen molar-refractivity contribution in [1.82, 2.24) is 14.0 Å². The Morgan fingerprint density at radius 3 is 2.03 bits per heavy atom. The maximum atomic E-state index is 13.1. The van der Waals surface area contributed by atoms with Crippen molar-refractivity contribution in [3.8, 4) is 11.5 Å². The normalized spacial score (nSPS) is 13.8. The van der Waals surface area contributed by atoms with Gasteiger partial charge >= 0.3 is 11.8 Å². The Kier molecular flexibility index (Phi) is 6.70. The van der Waals surface area contributed by atoms with E-state index < -0.39 is 11.7 Å². The van der Waals surface area contributed by atoms with Crippen LogP contribution in [0.15, 0.2) is 41.2 Å². The summed E-state index contributed by atoms with van der Waals surface area (Å²) in [5.41, 5.74) is 2.79. The van der Waals surface area contributed by atoms with Gasteiger partial charge in [-0.25, -0.2) is 9.59 Å². The van der Waals surface area contributed by atoms with Gasteiger partial charge in [0, 0.05) is 19.6 Å². The van der Waals surface area contributed by atoms with Crippen molar-refractivity contribution < 1.29 is 19.0 Å². The van der Waals surface area contributed by atoms with E-state index in [0.717, 1.165) is 54.1 Å². The SMILES string of the molecule is COc1cc2c(cc1OC)CN(CCCCn1c(=O)n(C(=O)OC(C)(C)C)c3ccccc31)C2. The highest BCUT2D eigenvalue weighted by molar-refractivity contribution is 5.87. The van der Waals surface area contributed by atoms with Crippen LogP contribution in [0.2, 0.25) is 0 Å². The van der Waals surface area contributed by atoms with Crippen LogP contribution in [0.4, 0.5) is 4.79 Å². The summed E-state index contributed by atoms with van der Waals surface area (Å²) in [6.07, 6.45) is 1.11. The number of carbonyl (C=O) groups is 1. The standard InChI is InChI=1S/C26H33N3O5/c1-26(2,3)34-25(31)29-21-11-7-6-10-20(21)28(24(29)30)13-9-8-12-27-16-18-14-22(32-4)23(33-5)15-19(18)17-27/h6-7,10-11,14-15H,8-9,12-13,16-17H2,1-5H3. The molecule has 0 saturated carbocycles. The highest BCUT2D eigenvalue weighted by Crippen LogP contribution is 2.35. The van der Waals surface area contributed by atoms with Crippen LogP contribution in [0.1, 0.15) is 44.7 Å². The van der Waals surface area contributed by atoms with Gasteiger partial charge < -0.3 is 14.2 Å². The molecule has 0 amide bonds. The molecule has 0 fully saturated rings. The van der Waals surface area contributed by atoms with Gasteiger partial charge in [0.05, 0.1) is 25.3 Å². The summed E-state index contributed by atoms with van der Waals surface area (Å²) >= 11 is 0. The molecule has 2 aromatic carbocycles. The summed E-state index contributed by atoms with van der Waals surface area (Å²) in [5.74, 6) is 1.51. The van der Waals surface area contributed by atoms with E-state index in [1.165, 1.54) is 11.1 Å². The number of nitrogens with zero attached hydrogens (tertiary/aromatic N) is 3. The molecule has 4 rings (SSSR count). The van der Waals surface area contributed by atoms with E-state index in [2.05, 4.69) is 17.0 Å². The first-order valence-corrected chi connectivity index (χ1v) is 11.6. The van der Waals surface area contributed by atoms with Gasteiger partial charge in [-0.1, -0.05) is 12.1 Å². The summed E-state index contributed by atoms with van der Waals surface area (Å²) < 4.78 is 19.1. The molecule has 182 valence electrons. The molecule has 2 heterocycles. The van der Waals surface area contributed by atoms with Gasteiger partial charge in [0.2, 0.25) is 0 Å². The third kappa shape index (κ3) is 4.82. The molecule has 34 heavy (non-hydrogen) atoms. The van der Waals surface area contributed by atoms with Crippen molar-refractivity contribution in [2.75, 3.05) is 20.8 Å². The van der Waals surface area contributed by atoms with Crippen LogP contribution in [0.25, 0.3) is 11.0 Å². The quantitative estimate of drug-likeness (QED) is 0.480. The molecular weight excluding hydrogens is 434 g/mol. The molecule has 0 bridgehead atoms. The number of imidazole rings is 1. The molecule has 0 atom stereocenters. The lowest BCUT2D eigenvalue weighted by Gasteiger charge is -2.19. The molecule has 0 N–H and O–H groups in total. The Morgan fingerprint density at radius 1 is 0.912 bits per heavy atom. The zero-order chi connectivity index (χ0) is 24.5. The van der Waals surface area contributed by atoms with Gasteiger partial charge in [-0.05, 0) is 75.5 Å². The van der Waals surface area contributed by atoms with Gasteiger partial charge in [-0.15, -0.1) is 0 Å². The average molecular weight is 468 g/mol. The first kappa shape index (κ1) is 23.9. The highest BCUT2D eigenvalue weighted by atomic mass is 16.6. The number of carbonyl (C=O) groups excluding carboxylic acids is 1. The van der Waals surface area contributed by atoms with Crippen molar-refractivity contribution in [3.63, 3.8) is 0 Å². The Hall–Kier alpha value is -3.26. The zero-order valence-corrected chi connectivity index (χ0v) is 20.6. The number of methoxy groups -OCH3 is 2. The fourth-order valence-corrected chi connectivity index (χ4v) is 4.47. The van der Waals surface area contributed by atoms with Crippen molar-refractivity contribution in [1.29, 1.82) is 0 Å². The van der Waals surface area contributed by atoms with Gasteiger partial charge in [-0.2, -0.15) is 4.57 Å². The molecule has 0 saturated heterocycles. The summed E-state index contributed by atoms with van der Waals surface area (Å²) in [4.78, 5) is 28.2. The molecular formula is C26H33N3O5. The van der Waals surface area contributed by atoms with Crippen LogP contribution in [0.5, 0.6) is 11.5 Å². The third-order valence-corrected chi connectivity index (χ3v) is 6.01. The number of ether oxygens (including phenoxy) is 3. The molecule has 1 aromatic heterocycles. The van der Waals surface area contributed by atoms with E-state index in [1.54, 1.807) is 45.6 Å². The number of unbranched alkanes of at least 4 members (excludes halogenated alkanes) is 1. The smallest absolute Gasteiger partial charge is 0.423 e. The third-order valence-electron chi connectivity index (χ3n) is 6.01. The van der Waals surface area contributed by atoms with E-state index in [0.29, 0.717) is 12.1 Å². The molecule has 0 radical (unpaired) electrons. The Labute approximate surface area is 199 Å². The summed E-state index contributed by atoms with van der Waals surface area (Å²) in [6.45, 7) is 8.56. The molecule has 0 unspecified atom stereocenters. The second-order valence-electron chi connectivity index (χ2n) is 9.63. The van der Waals surface area contributed by atoms with Gasteiger partial charge in [0.1, 0.15) is 5.60 Å². The van der Waals surface area contributed by atoms with E-state index in [1.807, 2.05) is 18.2 Å². The van der Waals surface area contributed by atoms with Crippen LogP contribution in [-0.2, 0) is 24.4 Å². The van der Waals surface area contributed by atoms with E-state index in [-0.39, 0.29) is 5.69 Å². The van der Waals surface area contributed by atoms with Crippen LogP contribution >= 0.6 is 0 Å². The average Bonchev–Trinajstić information content (AvgIpc) is 3.31. The lowest BCUT2D eigenvalue weighted by molar-refractivity contribution is 0.0537. The largest absolute Gasteiger partial charge is 0.493 e. The minimum atomic E-state index is -0.679. The molecule has 8 heteroatoms. The molecule has 8 nitrogen and oxygen atoms in total. The lowest BCUT2D eigenvalue weighted by atomic mass is 10.1. The van der Waals surface area contributed by atoms with Crippen LogP contribution in [0, 0.1) is 0 Å². The molecule has 0 aliphatic carbocycles. The van der Waals surface area contributed by atoms with Crippen molar-refractivity contribution in [3.05, 3.63) is 58.0 Å². The van der Waals surface area contributed by atoms with Gasteiger partial charge in [0.25, 0.3) is 0 Å². The lowest BCUT2D eigenvalue weighted by Crippen LogP contribution is -2.34. The summed E-state index contributed by atoms with van der Waals surface area (Å²) in [6, 6.07) is 11.5. The van der Waals surface area contributed by atoms with Crippen molar-refractivity contribution in [2.45, 2.75) is 58.8 Å². The van der Waals surface area contributed by atoms with E-state index in [4.69, 9.17) is 14.2 Å². The van der Waals surface area contributed by atoms with Gasteiger partial charge in [0.15, 0.2) is 11.5 Å². The number of para-hydroxylation sites is 2. The fraction of sp³-hybridized carbons (Fsp3) is 0.462. The predicted octanol–water partition coefficient (Wildman–Crippen LogP) is 4.40. The van der Waals surface area contributed by atoms with Crippen molar-refractivity contribution >= 4 is 17.1 Å². The Bertz CT molecular complexity index is 1220. The first-order chi connectivity index (χ1) is 16.2. The number of aryl methyl sites for hydroxylation is 1.